The van der Waals surface area contributed by atoms with Crippen molar-refractivity contribution in [3.05, 3.63) is 17.5 Å². The number of hydrogen-bond donors (Lipinski definition) is 2. The molecule has 1 heterocycles. The lowest BCUT2D eigenvalue weighted by atomic mass is 10.1. The van der Waals surface area contributed by atoms with Crippen LogP contribution >= 0.6 is 0 Å². The van der Waals surface area contributed by atoms with Crippen LogP contribution in [0.15, 0.2) is 6.20 Å². The Morgan fingerprint density at radius 3 is 3.00 bits per heavy atom. The molecule has 1 saturated carbocycles. The molecule has 0 aromatic carbocycles. The van der Waals surface area contributed by atoms with E-state index in [1.807, 2.05) is 14.0 Å². The summed E-state index contributed by atoms with van der Waals surface area (Å²) in [7, 11) is 1.84. The summed E-state index contributed by atoms with van der Waals surface area (Å²) in [5.74, 6) is 0.520. The van der Waals surface area contributed by atoms with Gasteiger partial charge in [-0.2, -0.15) is 5.10 Å². The first-order chi connectivity index (χ1) is 8.60. The number of nitrogens with two attached hydrogens (primary N) is 1. The van der Waals surface area contributed by atoms with Gasteiger partial charge in [0.2, 0.25) is 0 Å². The van der Waals surface area contributed by atoms with Crippen molar-refractivity contribution in [3.63, 3.8) is 0 Å². The lowest BCUT2D eigenvalue weighted by molar-refractivity contribution is 0.0946. The van der Waals surface area contributed by atoms with Crippen LogP contribution in [0.3, 0.4) is 0 Å². The SMILES string of the molecule is CCc1nn(C)cc1C(=O)NCC1CCC(N)C1. The third-order valence-electron chi connectivity index (χ3n) is 3.62. The van der Waals surface area contributed by atoms with Crippen LogP contribution in [0, 0.1) is 5.92 Å². The van der Waals surface area contributed by atoms with E-state index in [1.165, 1.54) is 0 Å². The maximum atomic E-state index is 12.1. The molecule has 1 aromatic heterocycles. The molecule has 1 amide bonds. The van der Waals surface area contributed by atoms with Crippen molar-refractivity contribution in [2.75, 3.05) is 6.54 Å². The molecule has 0 spiro atoms. The van der Waals surface area contributed by atoms with E-state index in [1.54, 1.807) is 10.9 Å². The maximum Gasteiger partial charge on any atom is 0.254 e. The number of aromatic nitrogens is 2. The third-order valence-corrected chi connectivity index (χ3v) is 3.62. The van der Waals surface area contributed by atoms with Gasteiger partial charge in [0.05, 0.1) is 11.3 Å². The number of rotatable bonds is 4. The van der Waals surface area contributed by atoms with Gasteiger partial charge in [-0.05, 0) is 31.6 Å². The van der Waals surface area contributed by atoms with Crippen molar-refractivity contribution in [2.24, 2.45) is 18.7 Å². The van der Waals surface area contributed by atoms with Crippen LogP contribution < -0.4 is 11.1 Å². The predicted octanol–water partition coefficient (Wildman–Crippen LogP) is 0.840. The molecular formula is C13H22N4O. The molecule has 2 unspecified atom stereocenters. The van der Waals surface area contributed by atoms with Gasteiger partial charge in [0.1, 0.15) is 0 Å². The predicted molar refractivity (Wildman–Crippen MR) is 70.2 cm³/mol. The van der Waals surface area contributed by atoms with Crippen molar-refractivity contribution in [1.29, 1.82) is 0 Å². The lowest BCUT2D eigenvalue weighted by Gasteiger charge is -2.10. The lowest BCUT2D eigenvalue weighted by Crippen LogP contribution is -2.29. The van der Waals surface area contributed by atoms with E-state index in [0.717, 1.165) is 37.9 Å². The number of amides is 1. The molecule has 100 valence electrons. The van der Waals surface area contributed by atoms with E-state index in [0.29, 0.717) is 17.5 Å². The van der Waals surface area contributed by atoms with Gasteiger partial charge in [-0.25, -0.2) is 0 Å². The number of nitrogens with zero attached hydrogens (tertiary/aromatic N) is 2. The van der Waals surface area contributed by atoms with Gasteiger partial charge in [-0.15, -0.1) is 0 Å². The molecule has 2 atom stereocenters. The second-order valence-corrected chi connectivity index (χ2v) is 5.17. The summed E-state index contributed by atoms with van der Waals surface area (Å²) in [6.07, 6.45) is 5.78. The van der Waals surface area contributed by atoms with E-state index >= 15 is 0 Å². The zero-order valence-electron chi connectivity index (χ0n) is 11.1. The molecule has 2 rings (SSSR count). The number of carbonyl (C=O) groups is 1. The minimum Gasteiger partial charge on any atom is -0.352 e. The number of hydrogen-bond acceptors (Lipinski definition) is 3. The highest BCUT2D eigenvalue weighted by atomic mass is 16.1. The van der Waals surface area contributed by atoms with E-state index in [2.05, 4.69) is 10.4 Å². The molecule has 1 fully saturated rings. The summed E-state index contributed by atoms with van der Waals surface area (Å²) < 4.78 is 1.69. The zero-order chi connectivity index (χ0) is 13.1. The van der Waals surface area contributed by atoms with Crippen molar-refractivity contribution >= 4 is 5.91 Å². The van der Waals surface area contributed by atoms with Crippen molar-refractivity contribution in [3.8, 4) is 0 Å². The summed E-state index contributed by atoms with van der Waals surface area (Å²) >= 11 is 0. The normalized spacial score (nSPS) is 23.3. The van der Waals surface area contributed by atoms with Crippen molar-refractivity contribution in [2.45, 2.75) is 38.6 Å². The Morgan fingerprint density at radius 2 is 2.39 bits per heavy atom. The fourth-order valence-electron chi connectivity index (χ4n) is 2.62. The number of nitrogens with one attached hydrogen (secondary N) is 1. The molecule has 0 aliphatic heterocycles. The Morgan fingerprint density at radius 1 is 1.61 bits per heavy atom. The standard InChI is InChI=1S/C13H22N4O/c1-3-12-11(8-17(2)16-12)13(18)15-7-9-4-5-10(14)6-9/h8-10H,3-7,14H2,1-2H3,(H,15,18). The Labute approximate surface area is 108 Å². The monoisotopic (exact) mass is 250 g/mol. The van der Waals surface area contributed by atoms with Crippen LogP contribution in [-0.4, -0.2) is 28.3 Å². The molecule has 1 aliphatic carbocycles. The van der Waals surface area contributed by atoms with Gasteiger partial charge in [0.15, 0.2) is 0 Å². The van der Waals surface area contributed by atoms with Gasteiger partial charge in [0.25, 0.3) is 5.91 Å². The van der Waals surface area contributed by atoms with Crippen LogP contribution in [0.25, 0.3) is 0 Å². The average molecular weight is 250 g/mol. The van der Waals surface area contributed by atoms with E-state index < -0.39 is 0 Å². The first kappa shape index (κ1) is 13.1. The number of carbonyl (C=O) groups excluding carboxylic acids is 1. The minimum absolute atomic E-state index is 0.0135. The third kappa shape index (κ3) is 2.90. The minimum atomic E-state index is -0.0135. The Hall–Kier alpha value is -1.36. The highest BCUT2D eigenvalue weighted by Crippen LogP contribution is 2.23. The molecule has 3 N–H and O–H groups in total. The molecule has 5 nitrogen and oxygen atoms in total. The van der Waals surface area contributed by atoms with Gasteiger partial charge >= 0.3 is 0 Å². The molecular weight excluding hydrogens is 228 g/mol. The van der Waals surface area contributed by atoms with Gasteiger partial charge in [-0.1, -0.05) is 6.92 Å². The van der Waals surface area contributed by atoms with Crippen LogP contribution in [-0.2, 0) is 13.5 Å². The van der Waals surface area contributed by atoms with Crippen LogP contribution in [0.1, 0.15) is 42.2 Å². The topological polar surface area (TPSA) is 72.9 Å². The van der Waals surface area contributed by atoms with Gasteiger partial charge in [-0.3, -0.25) is 9.48 Å². The van der Waals surface area contributed by atoms with Crippen LogP contribution in [0.2, 0.25) is 0 Å². The van der Waals surface area contributed by atoms with Gasteiger partial charge < -0.3 is 11.1 Å². The molecule has 0 bridgehead atoms. The molecule has 1 aromatic rings. The van der Waals surface area contributed by atoms with Crippen molar-refractivity contribution < 1.29 is 4.79 Å². The van der Waals surface area contributed by atoms with Crippen LogP contribution in [0.4, 0.5) is 0 Å². The Balaban J connectivity index is 1.91. The largest absolute Gasteiger partial charge is 0.352 e. The molecule has 18 heavy (non-hydrogen) atoms. The highest BCUT2D eigenvalue weighted by molar-refractivity contribution is 5.95. The number of aryl methyl sites for hydroxylation is 2. The van der Waals surface area contributed by atoms with Crippen LogP contribution in [0.5, 0.6) is 0 Å². The van der Waals surface area contributed by atoms with E-state index in [9.17, 15) is 4.79 Å². The fourth-order valence-corrected chi connectivity index (χ4v) is 2.62. The van der Waals surface area contributed by atoms with E-state index in [-0.39, 0.29) is 5.91 Å². The summed E-state index contributed by atoms with van der Waals surface area (Å²) in [6, 6.07) is 0.316. The summed E-state index contributed by atoms with van der Waals surface area (Å²) in [5.41, 5.74) is 7.42. The summed E-state index contributed by atoms with van der Waals surface area (Å²) in [5, 5.41) is 7.28. The average Bonchev–Trinajstić information content (AvgIpc) is 2.92. The highest BCUT2D eigenvalue weighted by Gasteiger charge is 2.22. The molecule has 0 radical (unpaired) electrons. The fraction of sp³-hybridized carbons (Fsp3) is 0.692. The quantitative estimate of drug-likeness (QED) is 0.831. The van der Waals surface area contributed by atoms with Crippen molar-refractivity contribution in [1.82, 2.24) is 15.1 Å². The second-order valence-electron chi connectivity index (χ2n) is 5.17. The zero-order valence-corrected chi connectivity index (χ0v) is 11.1. The molecule has 1 aliphatic rings. The second kappa shape index (κ2) is 5.52. The molecule has 0 saturated heterocycles. The Kier molecular flexibility index (Phi) is 4.01. The smallest absolute Gasteiger partial charge is 0.254 e. The van der Waals surface area contributed by atoms with Gasteiger partial charge in [0, 0.05) is 25.8 Å². The first-order valence-electron chi connectivity index (χ1n) is 6.66. The molecule has 5 heteroatoms. The first-order valence-corrected chi connectivity index (χ1v) is 6.66. The summed E-state index contributed by atoms with van der Waals surface area (Å²) in [6.45, 7) is 2.74. The summed E-state index contributed by atoms with van der Waals surface area (Å²) in [4.78, 5) is 12.1. The maximum absolute atomic E-state index is 12.1. The Bertz CT molecular complexity index is 427. The van der Waals surface area contributed by atoms with E-state index in [4.69, 9.17) is 5.73 Å².